The van der Waals surface area contributed by atoms with Crippen LogP contribution in [0.3, 0.4) is 0 Å². The average molecular weight is 315 g/mol. The van der Waals surface area contributed by atoms with Gasteiger partial charge < -0.3 is 4.74 Å². The molecule has 0 amide bonds. The quantitative estimate of drug-likeness (QED) is 0.939. The molecule has 0 saturated carbocycles. The molecule has 2 aromatic heterocycles. The lowest BCUT2D eigenvalue weighted by molar-refractivity contribution is 0.188. The Morgan fingerprint density at radius 1 is 1.30 bits per heavy atom. The Morgan fingerprint density at radius 3 is 2.91 bits per heavy atom. The molecule has 6 nitrogen and oxygen atoms in total. The molecule has 1 aliphatic rings. The summed E-state index contributed by atoms with van der Waals surface area (Å²) in [6, 6.07) is 2.81. The second-order valence-corrected chi connectivity index (χ2v) is 6.22. The maximum Gasteiger partial charge on any atom is 0.316 e. The van der Waals surface area contributed by atoms with Gasteiger partial charge in [-0.1, -0.05) is 12.8 Å². The molecule has 3 rings (SSSR count). The van der Waals surface area contributed by atoms with E-state index in [9.17, 15) is 0 Å². The molecule has 3 heterocycles. The van der Waals surface area contributed by atoms with Crippen LogP contribution < -0.4 is 4.74 Å². The first-order valence-corrected chi connectivity index (χ1v) is 8.30. The van der Waals surface area contributed by atoms with Crippen molar-refractivity contribution in [3.05, 3.63) is 34.9 Å². The largest absolute Gasteiger partial charge is 0.467 e. The summed E-state index contributed by atoms with van der Waals surface area (Å²) in [4.78, 5) is 11.1. The zero-order valence-electron chi connectivity index (χ0n) is 14.2. The van der Waals surface area contributed by atoms with E-state index in [-0.39, 0.29) is 0 Å². The van der Waals surface area contributed by atoms with Crippen molar-refractivity contribution >= 4 is 0 Å². The number of aromatic amines is 1. The Labute approximate surface area is 137 Å². The summed E-state index contributed by atoms with van der Waals surface area (Å²) in [6.45, 7) is 6.11. The van der Waals surface area contributed by atoms with E-state index in [1.807, 2.05) is 6.07 Å². The number of aryl methyl sites for hydroxylation is 2. The number of hydrogen-bond acceptors (Lipinski definition) is 5. The summed E-state index contributed by atoms with van der Waals surface area (Å²) < 4.78 is 5.15. The maximum atomic E-state index is 5.15. The van der Waals surface area contributed by atoms with Crippen molar-refractivity contribution in [1.29, 1.82) is 0 Å². The highest BCUT2D eigenvalue weighted by Gasteiger charge is 2.27. The fourth-order valence-electron chi connectivity index (χ4n) is 3.51. The fraction of sp³-hybridized carbons (Fsp3) is 0.588. The van der Waals surface area contributed by atoms with Crippen LogP contribution in [0.15, 0.2) is 12.3 Å². The van der Waals surface area contributed by atoms with Crippen molar-refractivity contribution in [2.75, 3.05) is 13.7 Å². The number of methoxy groups -OCH3 is 1. The summed E-state index contributed by atoms with van der Waals surface area (Å²) in [5.41, 5.74) is 4.65. The fourth-order valence-corrected chi connectivity index (χ4v) is 3.51. The average Bonchev–Trinajstić information content (AvgIpc) is 2.75. The minimum Gasteiger partial charge on any atom is -0.467 e. The Bertz CT molecular complexity index is 635. The van der Waals surface area contributed by atoms with Crippen LogP contribution in [0.1, 0.15) is 54.4 Å². The lowest BCUT2D eigenvalue weighted by Crippen LogP contribution is -2.29. The number of H-pyrrole nitrogens is 1. The second-order valence-electron chi connectivity index (χ2n) is 6.22. The summed E-state index contributed by atoms with van der Waals surface area (Å²) in [7, 11) is 1.60. The number of aromatic nitrogens is 4. The third-order valence-corrected chi connectivity index (χ3v) is 4.62. The van der Waals surface area contributed by atoms with Gasteiger partial charge in [0.1, 0.15) is 0 Å². The predicted molar refractivity (Wildman–Crippen MR) is 88.3 cm³/mol. The summed E-state index contributed by atoms with van der Waals surface area (Å²) in [6.07, 6.45) is 6.72. The van der Waals surface area contributed by atoms with E-state index in [2.05, 4.69) is 38.9 Å². The molecule has 124 valence electrons. The first kappa shape index (κ1) is 15.9. The molecule has 1 unspecified atom stereocenters. The molecule has 0 radical (unpaired) electrons. The normalized spacial score (nSPS) is 19.5. The first-order chi connectivity index (χ1) is 11.2. The molecule has 0 aromatic carbocycles. The molecule has 0 spiro atoms. The number of rotatable bonds is 4. The Balaban J connectivity index is 1.87. The zero-order chi connectivity index (χ0) is 16.2. The van der Waals surface area contributed by atoms with Gasteiger partial charge in [-0.2, -0.15) is 10.1 Å². The van der Waals surface area contributed by atoms with Gasteiger partial charge in [0.05, 0.1) is 18.5 Å². The maximum absolute atomic E-state index is 5.15. The second kappa shape index (κ2) is 7.08. The van der Waals surface area contributed by atoms with Crippen LogP contribution in [0.2, 0.25) is 0 Å². The summed E-state index contributed by atoms with van der Waals surface area (Å²) >= 11 is 0. The smallest absolute Gasteiger partial charge is 0.316 e. The molecule has 0 bridgehead atoms. The minimum absolute atomic E-state index is 0.400. The lowest BCUT2D eigenvalue weighted by Gasteiger charge is -2.30. The number of likely N-dealkylation sites (tertiary alicyclic amines) is 1. The van der Waals surface area contributed by atoms with Gasteiger partial charge in [-0.15, -0.1) is 0 Å². The van der Waals surface area contributed by atoms with Gasteiger partial charge in [0.2, 0.25) is 0 Å². The first-order valence-electron chi connectivity index (χ1n) is 8.30. The molecular formula is C17H25N5O. The monoisotopic (exact) mass is 315 g/mol. The van der Waals surface area contributed by atoms with Gasteiger partial charge in [-0.3, -0.25) is 10.00 Å². The lowest BCUT2D eigenvalue weighted by atomic mass is 9.99. The van der Waals surface area contributed by atoms with Gasteiger partial charge in [-0.05, 0) is 39.3 Å². The topological polar surface area (TPSA) is 66.9 Å². The molecule has 6 heteroatoms. The van der Waals surface area contributed by atoms with Gasteiger partial charge in [0.15, 0.2) is 0 Å². The van der Waals surface area contributed by atoms with Gasteiger partial charge in [0, 0.05) is 30.0 Å². The Morgan fingerprint density at radius 2 is 2.17 bits per heavy atom. The molecule has 1 saturated heterocycles. The van der Waals surface area contributed by atoms with Crippen molar-refractivity contribution in [3.8, 4) is 6.01 Å². The van der Waals surface area contributed by atoms with E-state index >= 15 is 0 Å². The molecule has 1 fully saturated rings. The van der Waals surface area contributed by atoms with Crippen LogP contribution in [0.4, 0.5) is 0 Å². The molecular weight excluding hydrogens is 290 g/mol. The molecule has 0 aliphatic carbocycles. The number of hydrogen-bond donors (Lipinski definition) is 1. The molecule has 1 atom stereocenters. The van der Waals surface area contributed by atoms with Crippen LogP contribution >= 0.6 is 0 Å². The van der Waals surface area contributed by atoms with Gasteiger partial charge >= 0.3 is 6.01 Å². The van der Waals surface area contributed by atoms with Crippen LogP contribution in [-0.2, 0) is 6.54 Å². The summed E-state index contributed by atoms with van der Waals surface area (Å²) in [5, 5.41) is 7.53. The number of ether oxygens (including phenoxy) is 1. The van der Waals surface area contributed by atoms with Crippen LogP contribution in [-0.4, -0.2) is 38.7 Å². The highest BCUT2D eigenvalue weighted by atomic mass is 16.5. The van der Waals surface area contributed by atoms with Crippen molar-refractivity contribution in [1.82, 2.24) is 25.1 Å². The van der Waals surface area contributed by atoms with Gasteiger partial charge in [-0.25, -0.2) is 4.98 Å². The predicted octanol–water partition coefficient (Wildman–Crippen LogP) is 2.94. The highest BCUT2D eigenvalue weighted by Crippen LogP contribution is 2.34. The molecule has 1 aliphatic heterocycles. The third-order valence-electron chi connectivity index (χ3n) is 4.62. The van der Waals surface area contributed by atoms with Crippen LogP contribution in [0.5, 0.6) is 6.01 Å². The molecule has 23 heavy (non-hydrogen) atoms. The number of nitrogens with zero attached hydrogens (tertiary/aromatic N) is 4. The van der Waals surface area contributed by atoms with E-state index in [0.717, 1.165) is 24.5 Å². The van der Waals surface area contributed by atoms with Crippen molar-refractivity contribution in [2.45, 2.75) is 52.1 Å². The van der Waals surface area contributed by atoms with Gasteiger partial charge in [0.25, 0.3) is 0 Å². The van der Waals surface area contributed by atoms with Crippen LogP contribution in [0.25, 0.3) is 0 Å². The van der Waals surface area contributed by atoms with Crippen molar-refractivity contribution in [3.63, 3.8) is 0 Å². The van der Waals surface area contributed by atoms with E-state index in [0.29, 0.717) is 12.1 Å². The van der Waals surface area contributed by atoms with Crippen molar-refractivity contribution in [2.24, 2.45) is 0 Å². The Kier molecular flexibility index (Phi) is 4.91. The number of nitrogens with one attached hydrogen (secondary N) is 1. The summed E-state index contributed by atoms with van der Waals surface area (Å²) in [5.74, 6) is 0. The van der Waals surface area contributed by atoms with E-state index in [4.69, 9.17) is 4.74 Å². The highest BCUT2D eigenvalue weighted by molar-refractivity contribution is 5.27. The Hall–Kier alpha value is -1.95. The standard InChI is InChI=1S/C17H25N5O/c1-12-16(13(2)21-20-12)15-7-5-4-6-10-22(15)11-14-8-9-18-17(19-14)23-3/h8-9,15H,4-7,10-11H2,1-3H3,(H,20,21). The molecule has 2 aromatic rings. The minimum atomic E-state index is 0.400. The van der Waals surface area contributed by atoms with Crippen molar-refractivity contribution < 1.29 is 4.74 Å². The third kappa shape index (κ3) is 3.52. The van der Waals surface area contributed by atoms with Crippen LogP contribution in [0, 0.1) is 13.8 Å². The van der Waals surface area contributed by atoms with E-state index < -0.39 is 0 Å². The zero-order valence-corrected chi connectivity index (χ0v) is 14.2. The molecule has 1 N–H and O–H groups in total. The van der Waals surface area contributed by atoms with E-state index in [1.54, 1.807) is 13.3 Å². The SMILES string of the molecule is COc1nccc(CN2CCCCCC2c2c(C)n[nH]c2C)n1. The van der Waals surface area contributed by atoms with E-state index in [1.165, 1.54) is 36.9 Å².